The molecule has 16 heavy (non-hydrogen) atoms. The summed E-state index contributed by atoms with van der Waals surface area (Å²) in [5.74, 6) is 0. The van der Waals surface area contributed by atoms with E-state index in [4.69, 9.17) is 0 Å². The largest absolute Gasteiger partial charge is 0.393 e. The highest BCUT2D eigenvalue weighted by molar-refractivity contribution is 5.40. The minimum atomic E-state index is -0.254. The molecule has 0 aliphatic rings. The number of aliphatic hydroxyl groups excluding tert-OH is 1. The van der Waals surface area contributed by atoms with Gasteiger partial charge in [0.2, 0.25) is 0 Å². The summed E-state index contributed by atoms with van der Waals surface area (Å²) in [7, 11) is 0. The van der Waals surface area contributed by atoms with Gasteiger partial charge in [0.25, 0.3) is 0 Å². The van der Waals surface area contributed by atoms with Crippen molar-refractivity contribution in [2.45, 2.75) is 59.5 Å². The van der Waals surface area contributed by atoms with E-state index in [1.54, 1.807) is 0 Å². The molecule has 0 saturated carbocycles. The van der Waals surface area contributed by atoms with Gasteiger partial charge in [-0.3, -0.25) is 0 Å². The van der Waals surface area contributed by atoms with Crippen LogP contribution in [0.3, 0.4) is 0 Å². The second kappa shape index (κ2) is 4.58. The molecule has 1 atom stereocenters. The van der Waals surface area contributed by atoms with Gasteiger partial charge in [0.1, 0.15) is 0 Å². The molecule has 1 unspecified atom stereocenters. The van der Waals surface area contributed by atoms with Gasteiger partial charge in [-0.05, 0) is 61.8 Å². The van der Waals surface area contributed by atoms with Crippen LogP contribution in [0.1, 0.15) is 49.4 Å². The fourth-order valence-corrected chi connectivity index (χ4v) is 2.54. The molecule has 0 aliphatic carbocycles. The smallest absolute Gasteiger partial charge is 0.0520 e. The van der Waals surface area contributed by atoms with Crippen LogP contribution in [0.4, 0.5) is 0 Å². The SMILES string of the molecule is Cc1cc(C)c(C(C)(C)CC(C)O)cc1C. The van der Waals surface area contributed by atoms with E-state index < -0.39 is 0 Å². The molecule has 1 rings (SSSR count). The van der Waals surface area contributed by atoms with Crippen molar-refractivity contribution in [2.24, 2.45) is 0 Å². The molecule has 1 N–H and O–H groups in total. The van der Waals surface area contributed by atoms with E-state index in [1.807, 2.05) is 6.92 Å². The van der Waals surface area contributed by atoms with Gasteiger partial charge in [0, 0.05) is 0 Å². The number of aliphatic hydroxyl groups is 1. The number of rotatable bonds is 3. The van der Waals surface area contributed by atoms with Gasteiger partial charge in [-0.1, -0.05) is 26.0 Å². The fraction of sp³-hybridized carbons (Fsp3) is 0.600. The van der Waals surface area contributed by atoms with E-state index in [1.165, 1.54) is 22.3 Å². The highest BCUT2D eigenvalue weighted by atomic mass is 16.3. The topological polar surface area (TPSA) is 20.2 Å². The molecule has 1 aromatic rings. The van der Waals surface area contributed by atoms with Crippen molar-refractivity contribution in [1.82, 2.24) is 0 Å². The third-order valence-electron chi connectivity index (χ3n) is 3.38. The molecule has 1 aromatic carbocycles. The highest BCUT2D eigenvalue weighted by Gasteiger charge is 2.24. The Morgan fingerprint density at radius 1 is 1.06 bits per heavy atom. The van der Waals surface area contributed by atoms with Gasteiger partial charge in [-0.15, -0.1) is 0 Å². The summed E-state index contributed by atoms with van der Waals surface area (Å²) >= 11 is 0. The lowest BCUT2D eigenvalue weighted by Crippen LogP contribution is -2.24. The van der Waals surface area contributed by atoms with E-state index in [9.17, 15) is 5.11 Å². The van der Waals surface area contributed by atoms with Crippen LogP contribution in [-0.2, 0) is 5.41 Å². The quantitative estimate of drug-likeness (QED) is 0.824. The highest BCUT2D eigenvalue weighted by Crippen LogP contribution is 2.32. The molecule has 0 fully saturated rings. The predicted octanol–water partition coefficient (Wildman–Crippen LogP) is 3.66. The molecule has 1 nitrogen and oxygen atoms in total. The van der Waals surface area contributed by atoms with Crippen LogP contribution < -0.4 is 0 Å². The van der Waals surface area contributed by atoms with E-state index >= 15 is 0 Å². The summed E-state index contributed by atoms with van der Waals surface area (Å²) in [4.78, 5) is 0. The summed E-state index contributed by atoms with van der Waals surface area (Å²) in [6, 6.07) is 4.52. The summed E-state index contributed by atoms with van der Waals surface area (Å²) < 4.78 is 0. The molecular weight excluding hydrogens is 196 g/mol. The molecule has 90 valence electrons. The van der Waals surface area contributed by atoms with Crippen LogP contribution in [0.5, 0.6) is 0 Å². The van der Waals surface area contributed by atoms with Crippen LogP contribution in [0.15, 0.2) is 12.1 Å². The van der Waals surface area contributed by atoms with Crippen molar-refractivity contribution >= 4 is 0 Å². The second-order valence-electron chi connectivity index (χ2n) is 5.69. The van der Waals surface area contributed by atoms with Crippen LogP contribution in [0, 0.1) is 20.8 Å². The van der Waals surface area contributed by atoms with E-state index in [-0.39, 0.29) is 11.5 Å². The van der Waals surface area contributed by atoms with Gasteiger partial charge in [-0.2, -0.15) is 0 Å². The van der Waals surface area contributed by atoms with E-state index in [0.717, 1.165) is 6.42 Å². The van der Waals surface area contributed by atoms with Crippen molar-refractivity contribution in [3.05, 3.63) is 34.4 Å². The molecule has 0 bridgehead atoms. The number of hydrogen-bond acceptors (Lipinski definition) is 1. The fourth-order valence-electron chi connectivity index (χ4n) is 2.54. The molecule has 0 saturated heterocycles. The van der Waals surface area contributed by atoms with Gasteiger partial charge in [0.05, 0.1) is 6.10 Å². The zero-order chi connectivity index (χ0) is 12.5. The lowest BCUT2D eigenvalue weighted by atomic mass is 9.77. The zero-order valence-electron chi connectivity index (χ0n) is 11.4. The number of benzene rings is 1. The second-order valence-corrected chi connectivity index (χ2v) is 5.69. The monoisotopic (exact) mass is 220 g/mol. The summed E-state index contributed by atoms with van der Waals surface area (Å²) in [5, 5.41) is 9.56. The molecule has 0 radical (unpaired) electrons. The first-order chi connectivity index (χ1) is 7.24. The first-order valence-corrected chi connectivity index (χ1v) is 6.00. The average molecular weight is 220 g/mol. The summed E-state index contributed by atoms with van der Waals surface area (Å²) in [6.07, 6.45) is 0.548. The standard InChI is InChI=1S/C15H24O/c1-10-7-12(3)14(8-11(10)2)15(5,6)9-13(4)16/h7-8,13,16H,9H2,1-6H3. The Hall–Kier alpha value is -0.820. The summed E-state index contributed by atoms with van der Waals surface area (Å²) in [6.45, 7) is 12.7. The maximum Gasteiger partial charge on any atom is 0.0520 e. The Kier molecular flexibility index (Phi) is 3.80. The number of hydrogen-bond donors (Lipinski definition) is 1. The Morgan fingerprint density at radius 3 is 2.06 bits per heavy atom. The maximum absolute atomic E-state index is 9.56. The Bertz CT molecular complexity index is 375. The van der Waals surface area contributed by atoms with Crippen molar-refractivity contribution in [3.63, 3.8) is 0 Å². The Labute approximate surface area is 99.5 Å². The minimum Gasteiger partial charge on any atom is -0.393 e. The normalized spacial score (nSPS) is 13.9. The van der Waals surface area contributed by atoms with Crippen LogP contribution >= 0.6 is 0 Å². The van der Waals surface area contributed by atoms with Crippen LogP contribution in [-0.4, -0.2) is 11.2 Å². The van der Waals surface area contributed by atoms with Gasteiger partial charge in [0.15, 0.2) is 0 Å². The zero-order valence-corrected chi connectivity index (χ0v) is 11.4. The summed E-state index contributed by atoms with van der Waals surface area (Å²) in [5.41, 5.74) is 5.40. The van der Waals surface area contributed by atoms with Crippen LogP contribution in [0.2, 0.25) is 0 Å². The van der Waals surface area contributed by atoms with Crippen molar-refractivity contribution in [1.29, 1.82) is 0 Å². The van der Waals surface area contributed by atoms with Crippen molar-refractivity contribution in [3.8, 4) is 0 Å². The predicted molar refractivity (Wildman–Crippen MR) is 70.0 cm³/mol. The van der Waals surface area contributed by atoms with Gasteiger partial charge in [-0.25, -0.2) is 0 Å². The molecular formula is C15H24O. The Morgan fingerprint density at radius 2 is 1.56 bits per heavy atom. The van der Waals surface area contributed by atoms with Gasteiger partial charge >= 0.3 is 0 Å². The van der Waals surface area contributed by atoms with E-state index in [2.05, 4.69) is 46.8 Å². The molecule has 0 aromatic heterocycles. The molecule has 0 amide bonds. The van der Waals surface area contributed by atoms with Crippen molar-refractivity contribution < 1.29 is 5.11 Å². The van der Waals surface area contributed by atoms with Crippen molar-refractivity contribution in [2.75, 3.05) is 0 Å². The molecule has 0 aliphatic heterocycles. The van der Waals surface area contributed by atoms with E-state index in [0.29, 0.717) is 0 Å². The molecule has 0 spiro atoms. The molecule has 0 heterocycles. The minimum absolute atomic E-state index is 0.0384. The maximum atomic E-state index is 9.56. The third kappa shape index (κ3) is 2.85. The number of aryl methyl sites for hydroxylation is 3. The molecule has 1 heteroatoms. The third-order valence-corrected chi connectivity index (χ3v) is 3.38. The Balaban J connectivity index is 3.17. The lowest BCUT2D eigenvalue weighted by molar-refractivity contribution is 0.156. The first kappa shape index (κ1) is 13.2. The average Bonchev–Trinajstić information content (AvgIpc) is 2.08. The lowest BCUT2D eigenvalue weighted by Gasteiger charge is -2.29. The van der Waals surface area contributed by atoms with Crippen LogP contribution in [0.25, 0.3) is 0 Å². The first-order valence-electron chi connectivity index (χ1n) is 6.00. The van der Waals surface area contributed by atoms with Gasteiger partial charge < -0.3 is 5.11 Å².